The normalized spacial score (nSPS) is 21.1. The van der Waals surface area contributed by atoms with E-state index in [1.54, 1.807) is 0 Å². The molecule has 0 unspecified atom stereocenters. The van der Waals surface area contributed by atoms with E-state index in [0.29, 0.717) is 18.1 Å². The molecule has 2 heteroatoms. The van der Waals surface area contributed by atoms with Gasteiger partial charge >= 0.3 is 5.97 Å². The third kappa shape index (κ3) is 5.67. The zero-order chi connectivity index (χ0) is 16.5. The van der Waals surface area contributed by atoms with Crippen LogP contribution in [0.4, 0.5) is 0 Å². The lowest BCUT2D eigenvalue weighted by atomic mass is 9.77. The molecule has 1 aromatic carbocycles. The molecule has 1 fully saturated rings. The molecule has 0 amide bonds. The van der Waals surface area contributed by atoms with E-state index >= 15 is 0 Å². The summed E-state index contributed by atoms with van der Waals surface area (Å²) < 4.78 is 5.18. The van der Waals surface area contributed by atoms with Gasteiger partial charge in [-0.2, -0.15) is 0 Å². The molecule has 1 aromatic rings. The first-order valence-electron chi connectivity index (χ1n) is 9.51. The average Bonchev–Trinajstić information content (AvgIpc) is 2.61. The lowest BCUT2D eigenvalue weighted by molar-refractivity contribution is 0.0505. The Morgan fingerprint density at radius 1 is 1.00 bits per heavy atom. The van der Waals surface area contributed by atoms with Gasteiger partial charge in [0.1, 0.15) is 0 Å². The predicted octanol–water partition coefficient (Wildman–Crippen LogP) is 6.11. The Hall–Kier alpha value is -1.31. The fourth-order valence-corrected chi connectivity index (χ4v) is 3.64. The van der Waals surface area contributed by atoms with Crippen LogP contribution in [0, 0.1) is 5.92 Å². The van der Waals surface area contributed by atoms with Crippen molar-refractivity contribution in [1.82, 2.24) is 0 Å². The third-order valence-corrected chi connectivity index (χ3v) is 5.12. The van der Waals surface area contributed by atoms with Crippen LogP contribution < -0.4 is 0 Å². The van der Waals surface area contributed by atoms with Crippen molar-refractivity contribution in [3.05, 3.63) is 35.4 Å². The number of esters is 1. The lowest BCUT2D eigenvalue weighted by Crippen LogP contribution is -2.13. The minimum atomic E-state index is -0.196. The number of carbonyl (C=O) groups excluding carboxylic acids is 1. The van der Waals surface area contributed by atoms with E-state index in [9.17, 15) is 4.79 Å². The van der Waals surface area contributed by atoms with Gasteiger partial charge in [-0.15, -0.1) is 0 Å². The fourth-order valence-electron chi connectivity index (χ4n) is 3.64. The Balaban J connectivity index is 1.81. The number of carbonyl (C=O) groups is 1. The van der Waals surface area contributed by atoms with Crippen molar-refractivity contribution < 1.29 is 9.53 Å². The van der Waals surface area contributed by atoms with Crippen LogP contribution in [0.3, 0.4) is 0 Å². The van der Waals surface area contributed by atoms with Gasteiger partial charge in [-0.3, -0.25) is 0 Å². The van der Waals surface area contributed by atoms with Crippen LogP contribution in [-0.2, 0) is 4.74 Å². The second-order valence-corrected chi connectivity index (χ2v) is 6.97. The van der Waals surface area contributed by atoms with E-state index in [0.717, 1.165) is 12.3 Å². The molecule has 0 radical (unpaired) electrons. The maximum absolute atomic E-state index is 11.8. The van der Waals surface area contributed by atoms with Crippen molar-refractivity contribution >= 4 is 5.97 Å². The highest BCUT2D eigenvalue weighted by atomic mass is 16.5. The van der Waals surface area contributed by atoms with Crippen molar-refractivity contribution in [2.24, 2.45) is 5.92 Å². The molecule has 0 aromatic heterocycles. The molecule has 0 atom stereocenters. The van der Waals surface area contributed by atoms with Crippen molar-refractivity contribution in [2.45, 2.75) is 77.6 Å². The van der Waals surface area contributed by atoms with Gasteiger partial charge in [0.25, 0.3) is 0 Å². The van der Waals surface area contributed by atoms with E-state index in [-0.39, 0.29) is 5.97 Å². The van der Waals surface area contributed by atoms with Crippen LogP contribution in [0.25, 0.3) is 0 Å². The first-order valence-corrected chi connectivity index (χ1v) is 9.51. The molecule has 0 N–H and O–H groups in total. The number of hydrogen-bond donors (Lipinski definition) is 0. The van der Waals surface area contributed by atoms with Crippen LogP contribution in [0.2, 0.25) is 0 Å². The Morgan fingerprint density at radius 3 is 2.30 bits per heavy atom. The van der Waals surface area contributed by atoms with E-state index < -0.39 is 0 Å². The van der Waals surface area contributed by atoms with Crippen LogP contribution in [0.15, 0.2) is 24.3 Å². The molecular weight excluding hydrogens is 284 g/mol. The summed E-state index contributed by atoms with van der Waals surface area (Å²) in [6.07, 6.45) is 11.7. The van der Waals surface area contributed by atoms with Crippen molar-refractivity contribution in [3.8, 4) is 0 Å². The van der Waals surface area contributed by atoms with Gasteiger partial charge in [-0.25, -0.2) is 4.79 Å². The molecule has 128 valence electrons. The summed E-state index contributed by atoms with van der Waals surface area (Å²) in [5.41, 5.74) is 2.07. The highest BCUT2D eigenvalue weighted by molar-refractivity contribution is 5.89. The Bertz CT molecular complexity index is 455. The van der Waals surface area contributed by atoms with E-state index in [2.05, 4.69) is 19.1 Å². The molecule has 23 heavy (non-hydrogen) atoms. The fraction of sp³-hybridized carbons (Fsp3) is 0.667. The summed E-state index contributed by atoms with van der Waals surface area (Å²) in [6, 6.07) is 8.12. The van der Waals surface area contributed by atoms with E-state index in [4.69, 9.17) is 4.74 Å². The standard InChI is InChI=1S/C21H32O2/c1-3-5-6-7-17-8-10-18(11-9-17)19-12-14-20(15-13-19)21(22)23-16-4-2/h12-15,17-18H,3-11,16H2,1-2H3. The maximum atomic E-state index is 11.8. The molecule has 2 nitrogen and oxygen atoms in total. The van der Waals surface area contributed by atoms with Gasteiger partial charge in [-0.1, -0.05) is 51.7 Å². The summed E-state index contributed by atoms with van der Waals surface area (Å²) in [5, 5.41) is 0. The van der Waals surface area contributed by atoms with Gasteiger partial charge in [0, 0.05) is 0 Å². The van der Waals surface area contributed by atoms with Crippen molar-refractivity contribution in [3.63, 3.8) is 0 Å². The second-order valence-electron chi connectivity index (χ2n) is 6.97. The third-order valence-electron chi connectivity index (χ3n) is 5.12. The van der Waals surface area contributed by atoms with Crippen molar-refractivity contribution in [2.75, 3.05) is 6.61 Å². The second kappa shape index (κ2) is 9.75. The SMILES string of the molecule is CCCCCC1CCC(c2ccc(C(=O)OCCC)cc2)CC1. The van der Waals surface area contributed by atoms with E-state index in [1.165, 1.54) is 56.9 Å². The summed E-state index contributed by atoms with van der Waals surface area (Å²) >= 11 is 0. The Morgan fingerprint density at radius 2 is 1.70 bits per heavy atom. The molecule has 0 saturated heterocycles. The first-order chi connectivity index (χ1) is 11.2. The predicted molar refractivity (Wildman–Crippen MR) is 95.9 cm³/mol. The minimum Gasteiger partial charge on any atom is -0.462 e. The van der Waals surface area contributed by atoms with Crippen LogP contribution in [-0.4, -0.2) is 12.6 Å². The number of benzene rings is 1. The van der Waals surface area contributed by atoms with Crippen LogP contribution in [0.5, 0.6) is 0 Å². The number of unbranched alkanes of at least 4 members (excludes halogenated alkanes) is 2. The molecule has 0 spiro atoms. The zero-order valence-corrected chi connectivity index (χ0v) is 14.9. The summed E-state index contributed by atoms with van der Waals surface area (Å²) in [6.45, 7) is 4.79. The highest BCUT2D eigenvalue weighted by Gasteiger charge is 2.22. The Labute approximate surface area is 141 Å². The maximum Gasteiger partial charge on any atom is 0.338 e. The summed E-state index contributed by atoms with van der Waals surface area (Å²) in [4.78, 5) is 11.8. The molecule has 0 bridgehead atoms. The number of hydrogen-bond acceptors (Lipinski definition) is 2. The zero-order valence-electron chi connectivity index (χ0n) is 14.9. The smallest absolute Gasteiger partial charge is 0.338 e. The molecule has 1 saturated carbocycles. The highest BCUT2D eigenvalue weighted by Crippen LogP contribution is 2.37. The monoisotopic (exact) mass is 316 g/mol. The van der Waals surface area contributed by atoms with Crippen LogP contribution >= 0.6 is 0 Å². The molecule has 1 aliphatic rings. The van der Waals surface area contributed by atoms with Gasteiger partial charge in [0.15, 0.2) is 0 Å². The van der Waals surface area contributed by atoms with Crippen molar-refractivity contribution in [1.29, 1.82) is 0 Å². The quantitative estimate of drug-likeness (QED) is 0.427. The molecular formula is C21H32O2. The summed E-state index contributed by atoms with van der Waals surface area (Å²) in [7, 11) is 0. The number of ether oxygens (including phenoxy) is 1. The topological polar surface area (TPSA) is 26.3 Å². The van der Waals surface area contributed by atoms with Gasteiger partial charge in [-0.05, 0) is 61.6 Å². The molecule has 0 heterocycles. The number of rotatable bonds is 8. The molecule has 2 rings (SSSR count). The first kappa shape index (κ1) is 18.0. The van der Waals surface area contributed by atoms with Gasteiger partial charge in [0.05, 0.1) is 12.2 Å². The minimum absolute atomic E-state index is 0.196. The molecule has 1 aliphatic carbocycles. The Kier molecular flexibility index (Phi) is 7.64. The van der Waals surface area contributed by atoms with E-state index in [1.807, 2.05) is 19.1 Å². The summed E-state index contributed by atoms with van der Waals surface area (Å²) in [5.74, 6) is 1.43. The van der Waals surface area contributed by atoms with Gasteiger partial charge in [0.2, 0.25) is 0 Å². The lowest BCUT2D eigenvalue weighted by Gasteiger charge is -2.29. The van der Waals surface area contributed by atoms with Crippen LogP contribution in [0.1, 0.15) is 93.5 Å². The van der Waals surface area contributed by atoms with Gasteiger partial charge < -0.3 is 4.74 Å². The average molecular weight is 316 g/mol. The molecule has 0 aliphatic heterocycles. The largest absolute Gasteiger partial charge is 0.462 e.